The molecule has 90 valence electrons. The quantitative estimate of drug-likeness (QED) is 0.927. The first-order chi connectivity index (χ1) is 7.70. The third-order valence-corrected chi connectivity index (χ3v) is 5.27. The monoisotopic (exact) mass is 303 g/mol. The van der Waals surface area contributed by atoms with Crippen molar-refractivity contribution in [2.45, 2.75) is 32.4 Å². The summed E-state index contributed by atoms with van der Waals surface area (Å²) in [6.45, 7) is 5.23. The van der Waals surface area contributed by atoms with Gasteiger partial charge in [0.1, 0.15) is 0 Å². The SMILES string of the molecule is CCC1CN(Cc2sccc2Br)CCC1O. The van der Waals surface area contributed by atoms with E-state index in [9.17, 15) is 5.11 Å². The fourth-order valence-corrected chi connectivity index (χ4v) is 3.80. The van der Waals surface area contributed by atoms with E-state index in [1.165, 1.54) is 9.35 Å². The number of aliphatic hydroxyl groups excluding tert-OH is 1. The van der Waals surface area contributed by atoms with E-state index in [0.717, 1.165) is 32.5 Å². The fraction of sp³-hybridized carbons (Fsp3) is 0.667. The van der Waals surface area contributed by atoms with Crippen molar-refractivity contribution in [3.05, 3.63) is 20.8 Å². The van der Waals surface area contributed by atoms with Gasteiger partial charge in [0.25, 0.3) is 0 Å². The van der Waals surface area contributed by atoms with Crippen molar-refractivity contribution in [2.24, 2.45) is 5.92 Å². The summed E-state index contributed by atoms with van der Waals surface area (Å²) in [5.41, 5.74) is 0. The number of piperidine rings is 1. The molecular weight excluding hydrogens is 286 g/mol. The molecule has 0 aromatic carbocycles. The van der Waals surface area contributed by atoms with E-state index in [4.69, 9.17) is 0 Å². The highest BCUT2D eigenvalue weighted by atomic mass is 79.9. The first kappa shape index (κ1) is 12.6. The largest absolute Gasteiger partial charge is 0.393 e. The molecule has 2 nitrogen and oxygen atoms in total. The normalized spacial score (nSPS) is 27.2. The molecule has 0 amide bonds. The molecule has 1 aromatic heterocycles. The maximum absolute atomic E-state index is 9.83. The van der Waals surface area contributed by atoms with Crippen LogP contribution in [-0.4, -0.2) is 29.2 Å². The highest BCUT2D eigenvalue weighted by Gasteiger charge is 2.26. The Hall–Kier alpha value is 0.1000. The average Bonchev–Trinajstić information content (AvgIpc) is 2.67. The topological polar surface area (TPSA) is 23.5 Å². The third-order valence-electron chi connectivity index (χ3n) is 3.36. The maximum atomic E-state index is 9.83. The van der Waals surface area contributed by atoms with Gasteiger partial charge in [0.15, 0.2) is 0 Å². The lowest BCUT2D eigenvalue weighted by Crippen LogP contribution is -2.42. The summed E-state index contributed by atoms with van der Waals surface area (Å²) in [6.07, 6.45) is 1.90. The molecule has 0 aliphatic carbocycles. The minimum atomic E-state index is -0.0898. The fourth-order valence-electron chi connectivity index (χ4n) is 2.28. The summed E-state index contributed by atoms with van der Waals surface area (Å²) in [7, 11) is 0. The molecule has 2 heterocycles. The molecule has 2 rings (SSSR count). The Bertz CT molecular complexity index is 342. The number of hydrogen-bond acceptors (Lipinski definition) is 3. The van der Waals surface area contributed by atoms with Gasteiger partial charge in [-0.1, -0.05) is 6.92 Å². The second-order valence-electron chi connectivity index (χ2n) is 4.45. The lowest BCUT2D eigenvalue weighted by Gasteiger charge is -2.35. The van der Waals surface area contributed by atoms with Crippen LogP contribution in [0.25, 0.3) is 0 Å². The molecule has 0 saturated carbocycles. The molecule has 1 saturated heterocycles. The molecule has 2 atom stereocenters. The van der Waals surface area contributed by atoms with E-state index >= 15 is 0 Å². The summed E-state index contributed by atoms with van der Waals surface area (Å²) >= 11 is 5.37. The third kappa shape index (κ3) is 2.86. The van der Waals surface area contributed by atoms with Crippen molar-refractivity contribution in [3.63, 3.8) is 0 Å². The molecule has 1 aromatic rings. The molecular formula is C12H18BrNOS. The maximum Gasteiger partial charge on any atom is 0.0592 e. The highest BCUT2D eigenvalue weighted by Crippen LogP contribution is 2.27. The molecule has 0 bridgehead atoms. The van der Waals surface area contributed by atoms with Crippen molar-refractivity contribution >= 4 is 27.3 Å². The standard InChI is InChI=1S/C12H18BrNOS/c1-2-9-7-14(5-3-11(9)15)8-12-10(13)4-6-16-12/h4,6,9,11,15H,2-3,5,7-8H2,1H3. The number of nitrogens with zero attached hydrogens (tertiary/aromatic N) is 1. The molecule has 1 aliphatic rings. The van der Waals surface area contributed by atoms with Gasteiger partial charge in [0.05, 0.1) is 6.10 Å². The number of halogens is 1. The van der Waals surface area contributed by atoms with Gasteiger partial charge >= 0.3 is 0 Å². The Labute approximate surface area is 109 Å². The van der Waals surface area contributed by atoms with Crippen LogP contribution in [0, 0.1) is 5.92 Å². The Morgan fingerprint density at radius 2 is 2.44 bits per heavy atom. The Morgan fingerprint density at radius 3 is 3.06 bits per heavy atom. The zero-order valence-electron chi connectivity index (χ0n) is 9.53. The van der Waals surface area contributed by atoms with Crippen LogP contribution in [0.4, 0.5) is 0 Å². The van der Waals surface area contributed by atoms with E-state index in [-0.39, 0.29) is 6.10 Å². The molecule has 1 fully saturated rings. The molecule has 1 N–H and O–H groups in total. The van der Waals surface area contributed by atoms with Gasteiger partial charge in [-0.05, 0) is 46.1 Å². The van der Waals surface area contributed by atoms with Crippen LogP contribution in [0.2, 0.25) is 0 Å². The number of likely N-dealkylation sites (tertiary alicyclic amines) is 1. The van der Waals surface area contributed by atoms with Crippen LogP contribution in [-0.2, 0) is 6.54 Å². The van der Waals surface area contributed by atoms with Gasteiger partial charge in [-0.25, -0.2) is 0 Å². The van der Waals surface area contributed by atoms with Gasteiger partial charge < -0.3 is 5.11 Å². The lowest BCUT2D eigenvalue weighted by molar-refractivity contribution is 0.0225. The number of thiophene rings is 1. The van der Waals surface area contributed by atoms with Crippen LogP contribution in [0.15, 0.2) is 15.9 Å². The predicted molar refractivity (Wildman–Crippen MR) is 71.7 cm³/mol. The van der Waals surface area contributed by atoms with Crippen LogP contribution in [0.5, 0.6) is 0 Å². The minimum Gasteiger partial charge on any atom is -0.393 e. The molecule has 0 radical (unpaired) electrons. The summed E-state index contributed by atoms with van der Waals surface area (Å²) < 4.78 is 1.22. The van der Waals surface area contributed by atoms with E-state index < -0.39 is 0 Å². The van der Waals surface area contributed by atoms with Crippen molar-refractivity contribution in [2.75, 3.05) is 13.1 Å². The average molecular weight is 304 g/mol. The van der Waals surface area contributed by atoms with E-state index in [1.807, 2.05) is 0 Å². The van der Waals surface area contributed by atoms with Crippen molar-refractivity contribution in [3.8, 4) is 0 Å². The van der Waals surface area contributed by atoms with Crippen LogP contribution in [0.3, 0.4) is 0 Å². The van der Waals surface area contributed by atoms with Gasteiger partial charge in [-0.3, -0.25) is 4.90 Å². The summed E-state index contributed by atoms with van der Waals surface area (Å²) in [4.78, 5) is 3.85. The summed E-state index contributed by atoms with van der Waals surface area (Å²) in [5, 5.41) is 12.0. The number of aliphatic hydroxyl groups is 1. The number of rotatable bonds is 3. The lowest BCUT2D eigenvalue weighted by atomic mass is 9.92. The molecule has 2 unspecified atom stereocenters. The van der Waals surface area contributed by atoms with E-state index in [2.05, 4.69) is 39.2 Å². The van der Waals surface area contributed by atoms with Gasteiger partial charge in [-0.2, -0.15) is 0 Å². The van der Waals surface area contributed by atoms with Crippen molar-refractivity contribution in [1.29, 1.82) is 0 Å². The molecule has 16 heavy (non-hydrogen) atoms. The second-order valence-corrected chi connectivity index (χ2v) is 6.31. The smallest absolute Gasteiger partial charge is 0.0592 e. The first-order valence-corrected chi connectivity index (χ1v) is 7.50. The molecule has 0 spiro atoms. The summed E-state index contributed by atoms with van der Waals surface area (Å²) in [5.74, 6) is 0.451. The van der Waals surface area contributed by atoms with E-state index in [1.54, 1.807) is 11.3 Å². The van der Waals surface area contributed by atoms with Crippen molar-refractivity contribution in [1.82, 2.24) is 4.90 Å². The predicted octanol–water partition coefficient (Wildman–Crippen LogP) is 3.10. The minimum absolute atomic E-state index is 0.0898. The Morgan fingerprint density at radius 1 is 1.62 bits per heavy atom. The van der Waals surface area contributed by atoms with Crippen LogP contribution < -0.4 is 0 Å². The highest BCUT2D eigenvalue weighted by molar-refractivity contribution is 9.10. The molecule has 4 heteroatoms. The van der Waals surface area contributed by atoms with Gasteiger partial charge in [-0.15, -0.1) is 11.3 Å². The van der Waals surface area contributed by atoms with Crippen LogP contribution in [0.1, 0.15) is 24.6 Å². The second kappa shape index (κ2) is 5.63. The Balaban J connectivity index is 1.94. The van der Waals surface area contributed by atoms with Crippen LogP contribution >= 0.6 is 27.3 Å². The molecule has 1 aliphatic heterocycles. The van der Waals surface area contributed by atoms with Crippen molar-refractivity contribution < 1.29 is 5.11 Å². The Kier molecular flexibility index (Phi) is 4.41. The zero-order chi connectivity index (χ0) is 11.5. The summed E-state index contributed by atoms with van der Waals surface area (Å²) in [6, 6.07) is 2.11. The van der Waals surface area contributed by atoms with E-state index in [0.29, 0.717) is 5.92 Å². The first-order valence-electron chi connectivity index (χ1n) is 5.83. The number of hydrogen-bond donors (Lipinski definition) is 1. The van der Waals surface area contributed by atoms with Gasteiger partial charge in [0.2, 0.25) is 0 Å². The van der Waals surface area contributed by atoms with Gasteiger partial charge in [0, 0.05) is 29.0 Å². The zero-order valence-corrected chi connectivity index (χ0v) is 11.9.